The molecule has 1 aromatic rings. The van der Waals surface area contributed by atoms with Gasteiger partial charge in [-0.25, -0.2) is 0 Å². The molecule has 0 radical (unpaired) electrons. The lowest BCUT2D eigenvalue weighted by molar-refractivity contribution is 0.414. The molecule has 0 fully saturated rings. The first-order valence-corrected chi connectivity index (χ1v) is 4.65. The summed E-state index contributed by atoms with van der Waals surface area (Å²) in [6.07, 6.45) is 0. The minimum absolute atomic E-state index is 0.413. The minimum atomic E-state index is 0.413. The van der Waals surface area contributed by atoms with E-state index in [0.717, 1.165) is 12.3 Å². The highest BCUT2D eigenvalue weighted by Gasteiger charge is 2.02. The Morgan fingerprint density at radius 1 is 1.31 bits per heavy atom. The van der Waals surface area contributed by atoms with Crippen molar-refractivity contribution in [3.8, 4) is 5.75 Å². The van der Waals surface area contributed by atoms with E-state index < -0.39 is 0 Å². The molecule has 1 atom stereocenters. The van der Waals surface area contributed by atoms with Gasteiger partial charge in [0.1, 0.15) is 5.75 Å². The van der Waals surface area contributed by atoms with Gasteiger partial charge in [0.25, 0.3) is 0 Å². The first-order valence-electron chi connectivity index (χ1n) is 4.65. The number of benzene rings is 1. The highest BCUT2D eigenvalue weighted by atomic mass is 16.5. The zero-order valence-corrected chi connectivity index (χ0v) is 8.50. The van der Waals surface area contributed by atoms with Gasteiger partial charge in [-0.3, -0.25) is 0 Å². The van der Waals surface area contributed by atoms with Crippen molar-refractivity contribution in [1.29, 1.82) is 0 Å². The van der Waals surface area contributed by atoms with E-state index in [1.54, 1.807) is 7.11 Å². The topological polar surface area (TPSA) is 21.3 Å². The molecule has 0 spiro atoms. The molecule has 0 aliphatic heterocycles. The fourth-order valence-corrected chi connectivity index (χ4v) is 1.32. The van der Waals surface area contributed by atoms with Gasteiger partial charge in [-0.15, -0.1) is 0 Å². The second-order valence-electron chi connectivity index (χ2n) is 3.05. The molecule has 0 aromatic heterocycles. The van der Waals surface area contributed by atoms with Gasteiger partial charge in [0.2, 0.25) is 0 Å². The Balaban J connectivity index is 2.67. The standard InChI is InChI=1S/C11H17NO/c1-4-12-9(2)10-5-7-11(13-3)8-6-10/h5-9,12H,4H2,1-3H3. The number of hydrogen-bond acceptors (Lipinski definition) is 2. The molecule has 0 heterocycles. The quantitative estimate of drug-likeness (QED) is 0.766. The average molecular weight is 179 g/mol. The Labute approximate surface area is 79.9 Å². The monoisotopic (exact) mass is 179 g/mol. The number of hydrogen-bond donors (Lipinski definition) is 1. The van der Waals surface area contributed by atoms with Crippen LogP contribution in [0.25, 0.3) is 0 Å². The van der Waals surface area contributed by atoms with Crippen LogP contribution in [0.1, 0.15) is 25.5 Å². The van der Waals surface area contributed by atoms with Gasteiger partial charge >= 0.3 is 0 Å². The van der Waals surface area contributed by atoms with Crippen LogP contribution in [0.2, 0.25) is 0 Å². The van der Waals surface area contributed by atoms with E-state index in [1.165, 1.54) is 5.56 Å². The minimum Gasteiger partial charge on any atom is -0.497 e. The molecule has 0 saturated carbocycles. The van der Waals surface area contributed by atoms with Gasteiger partial charge in [-0.05, 0) is 31.2 Å². The maximum absolute atomic E-state index is 5.09. The first-order chi connectivity index (χ1) is 6.27. The van der Waals surface area contributed by atoms with Crippen LogP contribution in [0.4, 0.5) is 0 Å². The molecule has 1 N–H and O–H groups in total. The van der Waals surface area contributed by atoms with Crippen molar-refractivity contribution in [2.24, 2.45) is 0 Å². The molecule has 2 heteroatoms. The highest BCUT2D eigenvalue weighted by Crippen LogP contribution is 2.16. The Morgan fingerprint density at radius 3 is 2.38 bits per heavy atom. The molecule has 0 saturated heterocycles. The van der Waals surface area contributed by atoms with Crippen LogP contribution >= 0.6 is 0 Å². The summed E-state index contributed by atoms with van der Waals surface area (Å²) < 4.78 is 5.09. The zero-order chi connectivity index (χ0) is 9.68. The molecule has 2 nitrogen and oxygen atoms in total. The van der Waals surface area contributed by atoms with Gasteiger partial charge < -0.3 is 10.1 Å². The zero-order valence-electron chi connectivity index (χ0n) is 8.50. The second kappa shape index (κ2) is 4.87. The lowest BCUT2D eigenvalue weighted by Crippen LogP contribution is -2.17. The van der Waals surface area contributed by atoms with Crippen molar-refractivity contribution in [3.63, 3.8) is 0 Å². The Hall–Kier alpha value is -1.02. The highest BCUT2D eigenvalue weighted by molar-refractivity contribution is 5.28. The predicted octanol–water partition coefficient (Wildman–Crippen LogP) is 2.37. The summed E-state index contributed by atoms with van der Waals surface area (Å²) in [5, 5.41) is 3.36. The largest absolute Gasteiger partial charge is 0.497 e. The van der Waals surface area contributed by atoms with E-state index in [-0.39, 0.29) is 0 Å². The normalized spacial score (nSPS) is 12.5. The molecule has 0 bridgehead atoms. The maximum Gasteiger partial charge on any atom is 0.118 e. The molecule has 1 aromatic carbocycles. The molecule has 0 amide bonds. The molecule has 1 rings (SSSR count). The van der Waals surface area contributed by atoms with E-state index in [4.69, 9.17) is 4.74 Å². The molecule has 72 valence electrons. The molecule has 1 unspecified atom stereocenters. The summed E-state index contributed by atoms with van der Waals surface area (Å²) in [6, 6.07) is 8.57. The van der Waals surface area contributed by atoms with Crippen LogP contribution in [0.15, 0.2) is 24.3 Å². The smallest absolute Gasteiger partial charge is 0.118 e. The molecular weight excluding hydrogens is 162 g/mol. The maximum atomic E-state index is 5.09. The summed E-state index contributed by atoms with van der Waals surface area (Å²) in [7, 11) is 1.68. The van der Waals surface area contributed by atoms with Gasteiger partial charge in [0.15, 0.2) is 0 Å². The summed E-state index contributed by atoms with van der Waals surface area (Å²) >= 11 is 0. The van der Waals surface area contributed by atoms with Crippen molar-refractivity contribution in [3.05, 3.63) is 29.8 Å². The van der Waals surface area contributed by atoms with Crippen molar-refractivity contribution in [2.45, 2.75) is 19.9 Å². The third-order valence-corrected chi connectivity index (χ3v) is 2.13. The summed E-state index contributed by atoms with van der Waals surface area (Å²) in [5.41, 5.74) is 1.29. The predicted molar refractivity (Wildman–Crippen MR) is 55.1 cm³/mol. The Kier molecular flexibility index (Phi) is 3.77. The summed E-state index contributed by atoms with van der Waals surface area (Å²) in [6.45, 7) is 5.26. The van der Waals surface area contributed by atoms with Gasteiger partial charge in [0.05, 0.1) is 7.11 Å². The lowest BCUT2D eigenvalue weighted by atomic mass is 10.1. The lowest BCUT2D eigenvalue weighted by Gasteiger charge is -2.12. The van der Waals surface area contributed by atoms with Crippen LogP contribution in [0, 0.1) is 0 Å². The molecule has 13 heavy (non-hydrogen) atoms. The number of ether oxygens (including phenoxy) is 1. The fraction of sp³-hybridized carbons (Fsp3) is 0.455. The SMILES string of the molecule is CCNC(C)c1ccc(OC)cc1. The van der Waals surface area contributed by atoms with Crippen molar-refractivity contribution in [1.82, 2.24) is 5.32 Å². The first kappa shape index (κ1) is 10.1. The van der Waals surface area contributed by atoms with Crippen molar-refractivity contribution >= 4 is 0 Å². The number of methoxy groups -OCH3 is 1. The number of nitrogens with one attached hydrogen (secondary N) is 1. The van der Waals surface area contributed by atoms with Crippen molar-refractivity contribution in [2.75, 3.05) is 13.7 Å². The van der Waals surface area contributed by atoms with Crippen LogP contribution < -0.4 is 10.1 Å². The van der Waals surface area contributed by atoms with E-state index >= 15 is 0 Å². The van der Waals surface area contributed by atoms with Gasteiger partial charge in [-0.1, -0.05) is 19.1 Å². The van der Waals surface area contributed by atoms with E-state index in [2.05, 4.69) is 31.3 Å². The second-order valence-corrected chi connectivity index (χ2v) is 3.05. The summed E-state index contributed by atoms with van der Waals surface area (Å²) in [4.78, 5) is 0. The third-order valence-electron chi connectivity index (χ3n) is 2.13. The van der Waals surface area contributed by atoms with Crippen molar-refractivity contribution < 1.29 is 4.74 Å². The van der Waals surface area contributed by atoms with Crippen LogP contribution in [0.3, 0.4) is 0 Å². The van der Waals surface area contributed by atoms with Gasteiger partial charge in [-0.2, -0.15) is 0 Å². The number of rotatable bonds is 4. The van der Waals surface area contributed by atoms with E-state index in [1.807, 2.05) is 12.1 Å². The third kappa shape index (κ3) is 2.74. The Bertz CT molecular complexity index is 243. The van der Waals surface area contributed by atoms with Crippen LogP contribution in [0.5, 0.6) is 5.75 Å². The van der Waals surface area contributed by atoms with Crippen LogP contribution in [-0.4, -0.2) is 13.7 Å². The van der Waals surface area contributed by atoms with Gasteiger partial charge in [0, 0.05) is 6.04 Å². The molecular formula is C11H17NO. The fourth-order valence-electron chi connectivity index (χ4n) is 1.32. The Morgan fingerprint density at radius 2 is 1.92 bits per heavy atom. The van der Waals surface area contributed by atoms with E-state index in [9.17, 15) is 0 Å². The summed E-state index contributed by atoms with van der Waals surface area (Å²) in [5.74, 6) is 0.910. The molecule has 0 aliphatic carbocycles. The van der Waals surface area contributed by atoms with E-state index in [0.29, 0.717) is 6.04 Å². The average Bonchev–Trinajstić information content (AvgIpc) is 2.18. The molecule has 0 aliphatic rings. The van der Waals surface area contributed by atoms with Crippen LogP contribution in [-0.2, 0) is 0 Å².